The number of nitrogens with zero attached hydrogens (tertiary/aromatic N) is 2. The normalized spacial score (nSPS) is 12.8. The zero-order chi connectivity index (χ0) is 22.5. The minimum atomic E-state index is -4.47. The second-order valence-electron chi connectivity index (χ2n) is 7.70. The number of aromatic nitrogens is 2. The van der Waals surface area contributed by atoms with E-state index in [4.69, 9.17) is 4.74 Å². The summed E-state index contributed by atoms with van der Waals surface area (Å²) in [7, 11) is 0. The van der Waals surface area contributed by atoms with Gasteiger partial charge in [0.05, 0.1) is 17.7 Å². The van der Waals surface area contributed by atoms with E-state index in [0.717, 1.165) is 35.6 Å². The number of rotatable bonds is 9. The maximum absolute atomic E-state index is 12.7. The van der Waals surface area contributed by atoms with Crippen LogP contribution in [0.4, 0.5) is 13.2 Å². The molecule has 0 spiro atoms. The first-order valence-corrected chi connectivity index (χ1v) is 9.75. The molecule has 1 aromatic carbocycles. The van der Waals surface area contributed by atoms with Gasteiger partial charge in [-0.1, -0.05) is 19.9 Å². The van der Waals surface area contributed by atoms with E-state index in [1.165, 1.54) is 12.1 Å². The number of halogens is 3. The molecule has 2 aromatic rings. The number of hydrogen-bond acceptors (Lipinski definition) is 4. The zero-order valence-electron chi connectivity index (χ0n) is 17.6. The van der Waals surface area contributed by atoms with Crippen molar-refractivity contribution in [3.05, 3.63) is 46.8 Å². The molecule has 2 rings (SSSR count). The average molecular weight is 427 g/mol. The quantitative estimate of drug-likeness (QED) is 0.644. The van der Waals surface area contributed by atoms with Crippen molar-refractivity contribution in [1.29, 1.82) is 0 Å². The van der Waals surface area contributed by atoms with Crippen molar-refractivity contribution in [3.63, 3.8) is 0 Å². The van der Waals surface area contributed by atoms with Gasteiger partial charge in [0.2, 0.25) is 5.91 Å². The third kappa shape index (κ3) is 6.76. The van der Waals surface area contributed by atoms with E-state index < -0.39 is 17.8 Å². The molecule has 1 heterocycles. The molecule has 0 aliphatic heterocycles. The van der Waals surface area contributed by atoms with E-state index in [2.05, 4.69) is 24.3 Å². The maximum Gasteiger partial charge on any atom is 0.416 e. The number of alkyl halides is 3. The molecule has 0 saturated heterocycles. The highest BCUT2D eigenvalue weighted by molar-refractivity contribution is 5.79. The van der Waals surface area contributed by atoms with Gasteiger partial charge < -0.3 is 15.2 Å². The first kappa shape index (κ1) is 23.7. The SMILES string of the molecule is Cc1nn(CC(C)C)c(C)c1CC(=O)NCC(O)COc1cccc(C(F)(F)F)c1. The molecule has 2 N–H and O–H groups in total. The Hall–Kier alpha value is -2.55. The molecule has 1 amide bonds. The van der Waals surface area contributed by atoms with E-state index in [9.17, 15) is 23.1 Å². The zero-order valence-corrected chi connectivity index (χ0v) is 17.6. The Labute approximate surface area is 174 Å². The fraction of sp³-hybridized carbons (Fsp3) is 0.524. The van der Waals surface area contributed by atoms with E-state index in [1.54, 1.807) is 0 Å². The lowest BCUT2D eigenvalue weighted by molar-refractivity contribution is -0.137. The molecule has 0 bridgehead atoms. The Balaban J connectivity index is 1.83. The van der Waals surface area contributed by atoms with Crippen LogP contribution in [0, 0.1) is 19.8 Å². The summed E-state index contributed by atoms with van der Waals surface area (Å²) < 4.78 is 45.3. The molecule has 9 heteroatoms. The molecule has 1 unspecified atom stereocenters. The number of benzene rings is 1. The molecular formula is C21H28F3N3O3. The number of aryl methyl sites for hydroxylation is 1. The second-order valence-corrected chi connectivity index (χ2v) is 7.70. The van der Waals surface area contributed by atoms with Gasteiger partial charge >= 0.3 is 6.18 Å². The predicted molar refractivity (Wildman–Crippen MR) is 106 cm³/mol. The van der Waals surface area contributed by atoms with Crippen LogP contribution in [-0.4, -0.2) is 40.0 Å². The van der Waals surface area contributed by atoms with Crippen LogP contribution in [0.5, 0.6) is 5.75 Å². The Morgan fingerprint density at radius 1 is 1.30 bits per heavy atom. The minimum Gasteiger partial charge on any atom is -0.491 e. The van der Waals surface area contributed by atoms with Gasteiger partial charge in [0.1, 0.15) is 18.5 Å². The summed E-state index contributed by atoms with van der Waals surface area (Å²) in [4.78, 5) is 12.3. The fourth-order valence-corrected chi connectivity index (χ4v) is 2.98. The van der Waals surface area contributed by atoms with Crippen LogP contribution in [0.3, 0.4) is 0 Å². The molecule has 0 aliphatic carbocycles. The smallest absolute Gasteiger partial charge is 0.416 e. The van der Waals surface area contributed by atoms with Crippen LogP contribution in [0.15, 0.2) is 24.3 Å². The summed E-state index contributed by atoms with van der Waals surface area (Å²) in [5, 5.41) is 17.1. The van der Waals surface area contributed by atoms with Gasteiger partial charge in [-0.05, 0) is 38.0 Å². The Bertz CT molecular complexity index is 863. The summed E-state index contributed by atoms with van der Waals surface area (Å²) >= 11 is 0. The number of carbonyl (C=O) groups is 1. The van der Waals surface area contributed by atoms with E-state index in [-0.39, 0.29) is 31.2 Å². The molecule has 0 radical (unpaired) electrons. The summed E-state index contributed by atoms with van der Waals surface area (Å²) in [5.41, 5.74) is 1.75. The second kappa shape index (κ2) is 9.97. The molecule has 30 heavy (non-hydrogen) atoms. The molecular weight excluding hydrogens is 399 g/mol. The highest BCUT2D eigenvalue weighted by Crippen LogP contribution is 2.31. The highest BCUT2D eigenvalue weighted by Gasteiger charge is 2.30. The minimum absolute atomic E-state index is 0.000909. The lowest BCUT2D eigenvalue weighted by Crippen LogP contribution is -2.36. The van der Waals surface area contributed by atoms with Gasteiger partial charge in [0, 0.05) is 24.3 Å². The first-order valence-electron chi connectivity index (χ1n) is 9.75. The number of aliphatic hydroxyl groups excluding tert-OH is 1. The topological polar surface area (TPSA) is 76.4 Å². The van der Waals surface area contributed by atoms with Gasteiger partial charge in [-0.15, -0.1) is 0 Å². The van der Waals surface area contributed by atoms with Crippen molar-refractivity contribution in [2.24, 2.45) is 5.92 Å². The molecule has 0 saturated carbocycles. The van der Waals surface area contributed by atoms with Crippen molar-refractivity contribution in [2.75, 3.05) is 13.2 Å². The fourth-order valence-electron chi connectivity index (χ4n) is 2.98. The third-order valence-electron chi connectivity index (χ3n) is 4.55. The molecule has 1 aromatic heterocycles. The number of nitrogens with one attached hydrogen (secondary N) is 1. The van der Waals surface area contributed by atoms with Crippen LogP contribution in [0.25, 0.3) is 0 Å². The number of carbonyl (C=O) groups excluding carboxylic acids is 1. The van der Waals surface area contributed by atoms with Crippen LogP contribution in [0.2, 0.25) is 0 Å². The van der Waals surface area contributed by atoms with Crippen molar-refractivity contribution in [1.82, 2.24) is 15.1 Å². The average Bonchev–Trinajstić information content (AvgIpc) is 2.91. The van der Waals surface area contributed by atoms with E-state index >= 15 is 0 Å². The van der Waals surface area contributed by atoms with Crippen molar-refractivity contribution in [2.45, 2.75) is 52.9 Å². The van der Waals surface area contributed by atoms with E-state index in [0.29, 0.717) is 5.92 Å². The molecule has 6 nitrogen and oxygen atoms in total. The number of ether oxygens (including phenoxy) is 1. The van der Waals surface area contributed by atoms with Gasteiger partial charge in [0.15, 0.2) is 0 Å². The highest BCUT2D eigenvalue weighted by atomic mass is 19.4. The Morgan fingerprint density at radius 2 is 2.00 bits per heavy atom. The van der Waals surface area contributed by atoms with Gasteiger partial charge in [-0.2, -0.15) is 18.3 Å². The summed E-state index contributed by atoms with van der Waals surface area (Å²) in [6, 6.07) is 4.42. The van der Waals surface area contributed by atoms with Crippen molar-refractivity contribution >= 4 is 5.91 Å². The lowest BCUT2D eigenvalue weighted by Gasteiger charge is -2.14. The van der Waals surface area contributed by atoms with Gasteiger partial charge in [0.25, 0.3) is 0 Å². The van der Waals surface area contributed by atoms with Crippen LogP contribution < -0.4 is 10.1 Å². The van der Waals surface area contributed by atoms with Crippen LogP contribution in [-0.2, 0) is 23.9 Å². The summed E-state index contributed by atoms with van der Waals surface area (Å²) in [5.74, 6) is 0.152. The first-order chi connectivity index (χ1) is 14.0. The van der Waals surface area contributed by atoms with Gasteiger partial charge in [-0.3, -0.25) is 9.48 Å². The summed E-state index contributed by atoms with van der Waals surface area (Å²) in [6.45, 7) is 8.39. The largest absolute Gasteiger partial charge is 0.491 e. The Kier molecular flexibility index (Phi) is 7.89. The molecule has 0 aliphatic rings. The van der Waals surface area contributed by atoms with Crippen LogP contribution in [0.1, 0.15) is 36.4 Å². The number of aliphatic hydroxyl groups is 1. The predicted octanol–water partition coefficient (Wildman–Crippen LogP) is 3.27. The number of hydrogen-bond donors (Lipinski definition) is 2. The van der Waals surface area contributed by atoms with Gasteiger partial charge in [-0.25, -0.2) is 0 Å². The molecule has 166 valence electrons. The monoisotopic (exact) mass is 427 g/mol. The summed E-state index contributed by atoms with van der Waals surface area (Å²) in [6.07, 6.45) is -5.39. The molecule has 1 atom stereocenters. The molecule has 0 fully saturated rings. The maximum atomic E-state index is 12.7. The van der Waals surface area contributed by atoms with Crippen LogP contribution >= 0.6 is 0 Å². The van der Waals surface area contributed by atoms with Crippen molar-refractivity contribution in [3.8, 4) is 5.75 Å². The Morgan fingerprint density at radius 3 is 2.63 bits per heavy atom. The standard InChI is InChI=1S/C21H28F3N3O3/c1-13(2)11-27-15(4)19(14(3)26-27)9-20(29)25-10-17(28)12-30-18-7-5-6-16(8-18)21(22,23)24/h5-8,13,17,28H,9-12H2,1-4H3,(H,25,29). The van der Waals surface area contributed by atoms with Crippen molar-refractivity contribution < 1.29 is 27.8 Å². The lowest BCUT2D eigenvalue weighted by atomic mass is 10.1. The third-order valence-corrected chi connectivity index (χ3v) is 4.55. The number of amides is 1. The van der Waals surface area contributed by atoms with E-state index in [1.807, 2.05) is 18.5 Å².